The van der Waals surface area contributed by atoms with Crippen molar-refractivity contribution in [2.45, 2.75) is 39.5 Å². The van der Waals surface area contributed by atoms with Gasteiger partial charge in [0.05, 0.1) is 0 Å². The Morgan fingerprint density at radius 3 is 2.50 bits per heavy atom. The SMILES string of the molecule is CCC(C)(C)c1ccccc1-c1ccnc(C)c1. The van der Waals surface area contributed by atoms with Gasteiger partial charge in [0.2, 0.25) is 0 Å². The first kappa shape index (κ1) is 12.8. The molecule has 1 aromatic carbocycles. The minimum Gasteiger partial charge on any atom is -0.262 e. The van der Waals surface area contributed by atoms with Crippen LogP contribution in [0.3, 0.4) is 0 Å². The lowest BCUT2D eigenvalue weighted by Gasteiger charge is -2.26. The predicted octanol–water partition coefficient (Wildman–Crippen LogP) is 4.74. The van der Waals surface area contributed by atoms with E-state index in [0.29, 0.717) is 0 Å². The van der Waals surface area contributed by atoms with E-state index >= 15 is 0 Å². The molecule has 1 heteroatoms. The van der Waals surface area contributed by atoms with Crippen LogP contribution in [0, 0.1) is 6.92 Å². The summed E-state index contributed by atoms with van der Waals surface area (Å²) in [6.07, 6.45) is 3.02. The van der Waals surface area contributed by atoms with Gasteiger partial charge in [-0.2, -0.15) is 0 Å². The molecule has 0 saturated carbocycles. The number of rotatable bonds is 3. The standard InChI is InChI=1S/C17H21N/c1-5-17(3,4)16-9-7-6-8-15(16)14-10-11-18-13(2)12-14/h6-12H,5H2,1-4H3. The summed E-state index contributed by atoms with van der Waals surface area (Å²) >= 11 is 0. The maximum absolute atomic E-state index is 4.28. The zero-order valence-corrected chi connectivity index (χ0v) is 11.7. The summed E-state index contributed by atoms with van der Waals surface area (Å²) in [4.78, 5) is 4.28. The first-order valence-electron chi connectivity index (χ1n) is 6.57. The van der Waals surface area contributed by atoms with Gasteiger partial charge < -0.3 is 0 Å². The minimum absolute atomic E-state index is 0.202. The normalized spacial score (nSPS) is 11.6. The number of pyridine rings is 1. The average Bonchev–Trinajstić information content (AvgIpc) is 2.39. The number of nitrogens with zero attached hydrogens (tertiary/aromatic N) is 1. The van der Waals surface area contributed by atoms with E-state index in [1.165, 1.54) is 16.7 Å². The Bertz CT molecular complexity index is 541. The Balaban J connectivity index is 2.59. The molecule has 0 N–H and O–H groups in total. The zero-order valence-electron chi connectivity index (χ0n) is 11.7. The minimum atomic E-state index is 0.202. The van der Waals surface area contributed by atoms with Crippen LogP contribution in [-0.2, 0) is 5.41 Å². The van der Waals surface area contributed by atoms with Gasteiger partial charge in [0.1, 0.15) is 0 Å². The summed E-state index contributed by atoms with van der Waals surface area (Å²) in [5.41, 5.74) is 5.28. The van der Waals surface area contributed by atoms with Crippen molar-refractivity contribution >= 4 is 0 Å². The molecule has 0 aliphatic carbocycles. The van der Waals surface area contributed by atoms with E-state index in [9.17, 15) is 0 Å². The van der Waals surface area contributed by atoms with E-state index in [1.807, 2.05) is 13.1 Å². The molecule has 0 aliphatic heterocycles. The molecular formula is C17H21N. The van der Waals surface area contributed by atoms with E-state index in [2.05, 4.69) is 62.2 Å². The molecule has 0 amide bonds. The lowest BCUT2D eigenvalue weighted by molar-refractivity contribution is 0.507. The quantitative estimate of drug-likeness (QED) is 0.753. The fraction of sp³-hybridized carbons (Fsp3) is 0.353. The third kappa shape index (κ3) is 2.45. The van der Waals surface area contributed by atoms with E-state index < -0.39 is 0 Å². The Hall–Kier alpha value is -1.63. The highest BCUT2D eigenvalue weighted by Gasteiger charge is 2.21. The van der Waals surface area contributed by atoms with Crippen LogP contribution in [0.4, 0.5) is 0 Å². The summed E-state index contributed by atoms with van der Waals surface area (Å²) in [5, 5.41) is 0. The number of aryl methyl sites for hydroxylation is 1. The smallest absolute Gasteiger partial charge is 0.0378 e. The van der Waals surface area contributed by atoms with Crippen LogP contribution < -0.4 is 0 Å². The van der Waals surface area contributed by atoms with Gasteiger partial charge in [-0.3, -0.25) is 4.98 Å². The molecule has 0 fully saturated rings. The summed E-state index contributed by atoms with van der Waals surface area (Å²) in [6, 6.07) is 12.9. The van der Waals surface area contributed by atoms with Crippen LogP contribution in [0.25, 0.3) is 11.1 Å². The van der Waals surface area contributed by atoms with Crippen molar-refractivity contribution in [3.8, 4) is 11.1 Å². The van der Waals surface area contributed by atoms with Crippen LogP contribution in [0.1, 0.15) is 38.4 Å². The first-order valence-corrected chi connectivity index (χ1v) is 6.57. The zero-order chi connectivity index (χ0) is 13.2. The van der Waals surface area contributed by atoms with Crippen LogP contribution in [0.2, 0.25) is 0 Å². The monoisotopic (exact) mass is 239 g/mol. The van der Waals surface area contributed by atoms with Gasteiger partial charge in [-0.15, -0.1) is 0 Å². The van der Waals surface area contributed by atoms with E-state index in [4.69, 9.17) is 0 Å². The second kappa shape index (κ2) is 4.93. The van der Waals surface area contributed by atoms with Crippen molar-refractivity contribution in [1.29, 1.82) is 0 Å². The Labute approximate surface area is 110 Å². The molecule has 0 atom stereocenters. The highest BCUT2D eigenvalue weighted by molar-refractivity contribution is 5.68. The Morgan fingerprint density at radius 2 is 1.83 bits per heavy atom. The maximum atomic E-state index is 4.28. The fourth-order valence-electron chi connectivity index (χ4n) is 2.23. The molecule has 0 aliphatic rings. The molecule has 0 unspecified atom stereocenters. The van der Waals surface area contributed by atoms with Crippen molar-refractivity contribution in [3.63, 3.8) is 0 Å². The van der Waals surface area contributed by atoms with Crippen LogP contribution in [0.15, 0.2) is 42.6 Å². The average molecular weight is 239 g/mol. The predicted molar refractivity (Wildman–Crippen MR) is 77.7 cm³/mol. The van der Waals surface area contributed by atoms with Crippen molar-refractivity contribution < 1.29 is 0 Å². The lowest BCUT2D eigenvalue weighted by atomic mass is 9.78. The van der Waals surface area contributed by atoms with Crippen molar-refractivity contribution in [1.82, 2.24) is 4.98 Å². The van der Waals surface area contributed by atoms with Crippen LogP contribution in [-0.4, -0.2) is 4.98 Å². The van der Waals surface area contributed by atoms with Gasteiger partial charge in [0.25, 0.3) is 0 Å². The molecule has 94 valence electrons. The third-order valence-electron chi connectivity index (χ3n) is 3.75. The van der Waals surface area contributed by atoms with Crippen molar-refractivity contribution in [2.75, 3.05) is 0 Å². The highest BCUT2D eigenvalue weighted by atomic mass is 14.6. The molecule has 18 heavy (non-hydrogen) atoms. The summed E-state index contributed by atoms with van der Waals surface area (Å²) < 4.78 is 0. The molecule has 2 rings (SSSR count). The molecule has 2 aromatic rings. The largest absolute Gasteiger partial charge is 0.262 e. The highest BCUT2D eigenvalue weighted by Crippen LogP contribution is 2.35. The topological polar surface area (TPSA) is 12.9 Å². The number of aromatic nitrogens is 1. The van der Waals surface area contributed by atoms with Gasteiger partial charge in [-0.05, 0) is 47.6 Å². The van der Waals surface area contributed by atoms with E-state index in [0.717, 1.165) is 12.1 Å². The summed E-state index contributed by atoms with van der Waals surface area (Å²) in [7, 11) is 0. The fourth-order valence-corrected chi connectivity index (χ4v) is 2.23. The lowest BCUT2D eigenvalue weighted by Crippen LogP contribution is -2.16. The molecule has 1 heterocycles. The molecule has 0 radical (unpaired) electrons. The summed E-state index contributed by atoms with van der Waals surface area (Å²) in [5.74, 6) is 0. The second-order valence-electron chi connectivity index (χ2n) is 5.47. The van der Waals surface area contributed by atoms with Crippen LogP contribution >= 0.6 is 0 Å². The molecule has 0 bridgehead atoms. The van der Waals surface area contributed by atoms with Gasteiger partial charge >= 0.3 is 0 Å². The number of benzene rings is 1. The molecule has 1 aromatic heterocycles. The summed E-state index contributed by atoms with van der Waals surface area (Å²) in [6.45, 7) is 8.89. The van der Waals surface area contributed by atoms with Gasteiger partial charge in [0.15, 0.2) is 0 Å². The van der Waals surface area contributed by atoms with Crippen molar-refractivity contribution in [3.05, 3.63) is 53.9 Å². The number of hydrogen-bond donors (Lipinski definition) is 0. The molecule has 1 nitrogen and oxygen atoms in total. The van der Waals surface area contributed by atoms with Gasteiger partial charge in [0, 0.05) is 11.9 Å². The molecule has 0 saturated heterocycles. The van der Waals surface area contributed by atoms with E-state index in [1.54, 1.807) is 0 Å². The van der Waals surface area contributed by atoms with Gasteiger partial charge in [-0.25, -0.2) is 0 Å². The third-order valence-corrected chi connectivity index (χ3v) is 3.75. The maximum Gasteiger partial charge on any atom is 0.0378 e. The second-order valence-corrected chi connectivity index (χ2v) is 5.47. The van der Waals surface area contributed by atoms with Crippen molar-refractivity contribution in [2.24, 2.45) is 0 Å². The Kier molecular flexibility index (Phi) is 3.51. The number of hydrogen-bond acceptors (Lipinski definition) is 1. The van der Waals surface area contributed by atoms with E-state index in [-0.39, 0.29) is 5.41 Å². The van der Waals surface area contributed by atoms with Gasteiger partial charge in [-0.1, -0.05) is 45.0 Å². The Morgan fingerprint density at radius 1 is 1.11 bits per heavy atom. The van der Waals surface area contributed by atoms with Crippen LogP contribution in [0.5, 0.6) is 0 Å². The molecular weight excluding hydrogens is 218 g/mol. The molecule has 0 spiro atoms. The first-order chi connectivity index (χ1) is 8.54.